The second kappa shape index (κ2) is 7.63. The van der Waals surface area contributed by atoms with Gasteiger partial charge in [-0.1, -0.05) is 60.7 Å². The molecular formula is C25H18N6O. The average molecular weight is 418 g/mol. The number of hydrogen-bond acceptors (Lipinski definition) is 5. The van der Waals surface area contributed by atoms with E-state index in [1.165, 1.54) is 0 Å². The third-order valence-electron chi connectivity index (χ3n) is 5.31. The number of para-hydroxylation sites is 3. The van der Waals surface area contributed by atoms with E-state index in [0.717, 1.165) is 33.5 Å². The number of benzene rings is 3. The first kappa shape index (κ1) is 18.3. The lowest BCUT2D eigenvalue weighted by atomic mass is 10.1. The highest BCUT2D eigenvalue weighted by atomic mass is 16.4. The van der Waals surface area contributed by atoms with E-state index in [9.17, 15) is 0 Å². The first-order valence-corrected chi connectivity index (χ1v) is 10.3. The summed E-state index contributed by atoms with van der Waals surface area (Å²) in [7, 11) is 0. The molecule has 3 heterocycles. The van der Waals surface area contributed by atoms with Gasteiger partial charge in [0.2, 0.25) is 5.89 Å². The second-order valence-electron chi connectivity index (χ2n) is 7.40. The van der Waals surface area contributed by atoms with Gasteiger partial charge in [-0.2, -0.15) is 5.10 Å². The van der Waals surface area contributed by atoms with Crippen molar-refractivity contribution in [1.82, 2.24) is 29.5 Å². The van der Waals surface area contributed by atoms with Gasteiger partial charge in [-0.3, -0.25) is 0 Å². The largest absolute Gasteiger partial charge is 0.419 e. The lowest BCUT2D eigenvalue weighted by molar-refractivity contribution is 0.491. The Balaban J connectivity index is 1.40. The molecule has 0 spiro atoms. The standard InChI is InChI=1S/C25H18N6O/c1-3-9-18(10-4-1)24-20(15-31(29-24)19-11-5-2-6-12-19)25-28-27-23(32-25)16-30-17-26-21-13-7-8-14-22(21)30/h1-15,17H,16H2. The molecule has 0 radical (unpaired) electrons. The molecule has 0 saturated heterocycles. The molecule has 3 aromatic heterocycles. The van der Waals surface area contributed by atoms with Crippen molar-refractivity contribution in [2.75, 3.05) is 0 Å². The Morgan fingerprint density at radius 2 is 1.53 bits per heavy atom. The highest BCUT2D eigenvalue weighted by molar-refractivity contribution is 5.77. The molecule has 0 aliphatic heterocycles. The maximum atomic E-state index is 6.08. The molecule has 0 aliphatic rings. The summed E-state index contributed by atoms with van der Waals surface area (Å²) in [5.74, 6) is 0.945. The van der Waals surface area contributed by atoms with Gasteiger partial charge in [-0.05, 0) is 24.3 Å². The van der Waals surface area contributed by atoms with Crippen molar-refractivity contribution < 1.29 is 4.42 Å². The average Bonchev–Trinajstić information content (AvgIpc) is 3.59. The zero-order valence-electron chi connectivity index (χ0n) is 17.0. The fraction of sp³-hybridized carbons (Fsp3) is 0.0400. The van der Waals surface area contributed by atoms with E-state index in [0.29, 0.717) is 18.3 Å². The molecule has 6 aromatic rings. The van der Waals surface area contributed by atoms with E-state index in [-0.39, 0.29) is 0 Å². The number of hydrogen-bond donors (Lipinski definition) is 0. The Morgan fingerprint density at radius 1 is 0.781 bits per heavy atom. The number of aromatic nitrogens is 6. The molecule has 0 atom stereocenters. The maximum absolute atomic E-state index is 6.08. The van der Waals surface area contributed by atoms with Crippen molar-refractivity contribution >= 4 is 11.0 Å². The topological polar surface area (TPSA) is 74.6 Å². The molecule has 0 fully saturated rings. The summed E-state index contributed by atoms with van der Waals surface area (Å²) >= 11 is 0. The summed E-state index contributed by atoms with van der Waals surface area (Å²) < 4.78 is 9.92. The van der Waals surface area contributed by atoms with E-state index in [1.807, 2.05) is 100 Å². The van der Waals surface area contributed by atoms with Crippen molar-refractivity contribution in [3.05, 3.63) is 103 Å². The lowest BCUT2D eigenvalue weighted by Crippen LogP contribution is -1.97. The highest BCUT2D eigenvalue weighted by Crippen LogP contribution is 2.31. The Bertz CT molecular complexity index is 1500. The molecule has 154 valence electrons. The summed E-state index contributed by atoms with van der Waals surface area (Å²) in [6.45, 7) is 0.445. The molecule has 3 aromatic carbocycles. The zero-order chi connectivity index (χ0) is 21.3. The minimum Gasteiger partial charge on any atom is -0.419 e. The summed E-state index contributed by atoms with van der Waals surface area (Å²) in [6, 6.07) is 28.0. The van der Waals surface area contributed by atoms with Gasteiger partial charge in [-0.15, -0.1) is 10.2 Å². The molecule has 32 heavy (non-hydrogen) atoms. The molecule has 7 heteroatoms. The molecule has 0 amide bonds. The van der Waals surface area contributed by atoms with Crippen LogP contribution < -0.4 is 0 Å². The summed E-state index contributed by atoms with van der Waals surface area (Å²) in [5.41, 5.74) is 5.47. The van der Waals surface area contributed by atoms with Crippen molar-refractivity contribution in [2.45, 2.75) is 6.54 Å². The van der Waals surface area contributed by atoms with Crippen LogP contribution in [0.2, 0.25) is 0 Å². The van der Waals surface area contributed by atoms with Crippen LogP contribution in [0.15, 0.2) is 102 Å². The molecular weight excluding hydrogens is 400 g/mol. The van der Waals surface area contributed by atoms with Crippen molar-refractivity contribution in [2.24, 2.45) is 0 Å². The normalized spacial score (nSPS) is 11.2. The van der Waals surface area contributed by atoms with Crippen LogP contribution in [0.25, 0.3) is 39.4 Å². The quantitative estimate of drug-likeness (QED) is 0.394. The first-order chi connectivity index (χ1) is 15.8. The van der Waals surface area contributed by atoms with E-state index in [2.05, 4.69) is 15.2 Å². The second-order valence-corrected chi connectivity index (χ2v) is 7.40. The number of imidazole rings is 1. The van der Waals surface area contributed by atoms with Crippen molar-refractivity contribution in [3.8, 4) is 28.4 Å². The molecule has 0 N–H and O–H groups in total. The van der Waals surface area contributed by atoms with Gasteiger partial charge in [-0.25, -0.2) is 9.67 Å². The summed E-state index contributed by atoms with van der Waals surface area (Å²) in [4.78, 5) is 4.43. The van der Waals surface area contributed by atoms with Crippen LogP contribution in [0.1, 0.15) is 5.89 Å². The third kappa shape index (κ3) is 3.26. The van der Waals surface area contributed by atoms with Crippen LogP contribution in [-0.2, 0) is 6.54 Å². The molecule has 7 nitrogen and oxygen atoms in total. The molecule has 0 unspecified atom stereocenters. The van der Waals surface area contributed by atoms with Crippen molar-refractivity contribution in [3.63, 3.8) is 0 Å². The minimum atomic E-state index is 0.436. The number of fused-ring (bicyclic) bond motifs is 1. The van der Waals surface area contributed by atoms with Gasteiger partial charge < -0.3 is 8.98 Å². The number of nitrogens with zero attached hydrogens (tertiary/aromatic N) is 6. The van der Waals surface area contributed by atoms with Gasteiger partial charge in [0.05, 0.1) is 28.6 Å². The predicted octanol–water partition coefficient (Wildman–Crippen LogP) is 4.99. The molecule has 0 bridgehead atoms. The Labute approximate surface area is 183 Å². The van der Waals surface area contributed by atoms with E-state index >= 15 is 0 Å². The molecule has 0 saturated carbocycles. The van der Waals surface area contributed by atoms with E-state index in [1.54, 1.807) is 6.33 Å². The fourth-order valence-corrected chi connectivity index (χ4v) is 3.76. The highest BCUT2D eigenvalue weighted by Gasteiger charge is 2.19. The van der Waals surface area contributed by atoms with Crippen LogP contribution >= 0.6 is 0 Å². The van der Waals surface area contributed by atoms with Crippen LogP contribution in [0.4, 0.5) is 0 Å². The van der Waals surface area contributed by atoms with Gasteiger partial charge in [0.1, 0.15) is 12.2 Å². The molecule has 6 rings (SSSR count). The minimum absolute atomic E-state index is 0.436. The predicted molar refractivity (Wildman–Crippen MR) is 121 cm³/mol. The van der Waals surface area contributed by atoms with E-state index in [4.69, 9.17) is 9.52 Å². The zero-order valence-corrected chi connectivity index (χ0v) is 17.0. The van der Waals surface area contributed by atoms with Gasteiger partial charge >= 0.3 is 0 Å². The lowest BCUT2D eigenvalue weighted by Gasteiger charge is -2.00. The van der Waals surface area contributed by atoms with Crippen LogP contribution in [0, 0.1) is 0 Å². The fourth-order valence-electron chi connectivity index (χ4n) is 3.76. The maximum Gasteiger partial charge on any atom is 0.251 e. The van der Waals surface area contributed by atoms with Crippen molar-refractivity contribution in [1.29, 1.82) is 0 Å². The smallest absolute Gasteiger partial charge is 0.251 e. The van der Waals surface area contributed by atoms with Crippen LogP contribution in [0.3, 0.4) is 0 Å². The van der Waals surface area contributed by atoms with E-state index < -0.39 is 0 Å². The van der Waals surface area contributed by atoms with Crippen LogP contribution in [-0.4, -0.2) is 29.5 Å². The summed E-state index contributed by atoms with van der Waals surface area (Å²) in [6.07, 6.45) is 3.72. The SMILES string of the molecule is c1ccc(-c2nn(-c3ccccc3)cc2-c2nnc(Cn3cnc4ccccc43)o2)cc1. The third-order valence-corrected chi connectivity index (χ3v) is 5.31. The van der Waals surface area contributed by atoms with Gasteiger partial charge in [0, 0.05) is 11.8 Å². The monoisotopic (exact) mass is 418 g/mol. The Morgan fingerprint density at radius 3 is 2.38 bits per heavy atom. The summed E-state index contributed by atoms with van der Waals surface area (Å²) in [5, 5.41) is 13.5. The number of rotatable bonds is 5. The Hall–Kier alpha value is -4.52. The van der Waals surface area contributed by atoms with Gasteiger partial charge in [0.25, 0.3) is 5.89 Å². The molecule has 0 aliphatic carbocycles. The van der Waals surface area contributed by atoms with Gasteiger partial charge in [0.15, 0.2) is 0 Å². The first-order valence-electron chi connectivity index (χ1n) is 10.3. The van der Waals surface area contributed by atoms with Crippen LogP contribution in [0.5, 0.6) is 0 Å². The Kier molecular flexibility index (Phi) is 4.35.